The Balaban J connectivity index is 1.51. The third-order valence-corrected chi connectivity index (χ3v) is 4.93. The van der Waals surface area contributed by atoms with Gasteiger partial charge in [-0.05, 0) is 19.1 Å². The standard InChI is InChI=1S/C20H20F3N5O3/c1-12-17-18(28-8-10-30-11-9-28)25-15(26-19(17)31-27-12)6-7-16(29)24-14-5-3-2-4-13(14)20(21,22)23/h2-5H,6-11H2,1H3,(H,24,29). The summed E-state index contributed by atoms with van der Waals surface area (Å²) in [6.45, 7) is 4.21. The van der Waals surface area contributed by atoms with Crippen LogP contribution in [0.15, 0.2) is 28.8 Å². The first-order chi connectivity index (χ1) is 14.8. The fourth-order valence-electron chi connectivity index (χ4n) is 3.40. The van der Waals surface area contributed by atoms with E-state index < -0.39 is 17.6 Å². The number of carbonyl (C=O) groups excluding carboxylic acids is 1. The Kier molecular flexibility index (Phi) is 5.77. The van der Waals surface area contributed by atoms with Crippen molar-refractivity contribution in [1.82, 2.24) is 15.1 Å². The Labute approximate surface area is 175 Å². The molecule has 1 saturated heterocycles. The number of amides is 1. The number of aryl methyl sites for hydroxylation is 2. The Morgan fingerprint density at radius 2 is 1.94 bits per heavy atom. The summed E-state index contributed by atoms with van der Waals surface area (Å²) in [6, 6.07) is 4.85. The quantitative estimate of drug-likeness (QED) is 0.657. The van der Waals surface area contributed by atoms with E-state index in [2.05, 4.69) is 20.4 Å². The zero-order valence-electron chi connectivity index (χ0n) is 16.7. The minimum atomic E-state index is -4.56. The molecular formula is C20H20F3N5O3. The normalized spacial score (nSPS) is 14.8. The van der Waals surface area contributed by atoms with Crippen molar-refractivity contribution in [3.63, 3.8) is 0 Å². The monoisotopic (exact) mass is 435 g/mol. The highest BCUT2D eigenvalue weighted by Crippen LogP contribution is 2.34. The van der Waals surface area contributed by atoms with Crippen LogP contribution >= 0.6 is 0 Å². The smallest absolute Gasteiger partial charge is 0.378 e. The molecule has 0 radical (unpaired) electrons. The topological polar surface area (TPSA) is 93.4 Å². The fourth-order valence-corrected chi connectivity index (χ4v) is 3.40. The summed E-state index contributed by atoms with van der Waals surface area (Å²) in [5, 5.41) is 6.99. The molecule has 0 unspecified atom stereocenters. The maximum Gasteiger partial charge on any atom is 0.418 e. The van der Waals surface area contributed by atoms with Gasteiger partial charge in [-0.1, -0.05) is 17.3 Å². The molecule has 31 heavy (non-hydrogen) atoms. The molecule has 0 saturated carbocycles. The number of hydrogen-bond acceptors (Lipinski definition) is 7. The van der Waals surface area contributed by atoms with E-state index in [4.69, 9.17) is 9.26 Å². The van der Waals surface area contributed by atoms with Crippen LogP contribution in [0, 0.1) is 6.92 Å². The molecule has 0 aliphatic carbocycles. The highest BCUT2D eigenvalue weighted by atomic mass is 19.4. The number of benzene rings is 1. The molecule has 8 nitrogen and oxygen atoms in total. The Morgan fingerprint density at radius 1 is 1.19 bits per heavy atom. The van der Waals surface area contributed by atoms with Gasteiger partial charge >= 0.3 is 6.18 Å². The first-order valence-electron chi connectivity index (χ1n) is 9.74. The largest absolute Gasteiger partial charge is 0.418 e. The van der Waals surface area contributed by atoms with E-state index >= 15 is 0 Å². The molecular weight excluding hydrogens is 415 g/mol. The van der Waals surface area contributed by atoms with Gasteiger partial charge in [-0.15, -0.1) is 0 Å². The second-order valence-electron chi connectivity index (χ2n) is 7.10. The van der Waals surface area contributed by atoms with Crippen molar-refractivity contribution >= 4 is 28.5 Å². The van der Waals surface area contributed by atoms with Crippen molar-refractivity contribution in [3.8, 4) is 0 Å². The van der Waals surface area contributed by atoms with Crippen LogP contribution < -0.4 is 10.2 Å². The van der Waals surface area contributed by atoms with E-state index in [9.17, 15) is 18.0 Å². The number of para-hydroxylation sites is 1. The van der Waals surface area contributed by atoms with E-state index in [0.717, 1.165) is 6.07 Å². The average Bonchev–Trinajstić information content (AvgIpc) is 3.13. The Hall–Kier alpha value is -3.21. The molecule has 3 aromatic rings. The van der Waals surface area contributed by atoms with Crippen molar-refractivity contribution in [3.05, 3.63) is 41.3 Å². The average molecular weight is 435 g/mol. The maximum absolute atomic E-state index is 13.1. The first kappa shape index (κ1) is 21.0. The molecule has 0 bridgehead atoms. The van der Waals surface area contributed by atoms with E-state index in [1.807, 2.05) is 4.90 Å². The van der Waals surface area contributed by atoms with E-state index in [0.29, 0.717) is 54.7 Å². The first-order valence-corrected chi connectivity index (χ1v) is 9.74. The van der Waals surface area contributed by atoms with Crippen molar-refractivity contribution < 1.29 is 27.2 Å². The van der Waals surface area contributed by atoms with Gasteiger partial charge < -0.3 is 19.5 Å². The second-order valence-corrected chi connectivity index (χ2v) is 7.10. The fraction of sp³-hybridized carbons (Fsp3) is 0.400. The number of anilines is 2. The number of halogens is 3. The van der Waals surface area contributed by atoms with Gasteiger partial charge in [0.15, 0.2) is 0 Å². The molecule has 11 heteroatoms. The summed E-state index contributed by atoms with van der Waals surface area (Å²) in [6.07, 6.45) is -4.52. The second kappa shape index (κ2) is 8.50. The lowest BCUT2D eigenvalue weighted by Crippen LogP contribution is -2.37. The maximum atomic E-state index is 13.1. The highest BCUT2D eigenvalue weighted by Gasteiger charge is 2.33. The summed E-state index contributed by atoms with van der Waals surface area (Å²) in [5.74, 6) is 0.441. The third-order valence-electron chi connectivity index (χ3n) is 4.93. The van der Waals surface area contributed by atoms with Crippen molar-refractivity contribution in [2.45, 2.75) is 25.9 Å². The van der Waals surface area contributed by atoms with Gasteiger partial charge in [0.05, 0.1) is 30.2 Å². The number of fused-ring (bicyclic) bond motifs is 1. The van der Waals surface area contributed by atoms with Crippen LogP contribution in [0.3, 0.4) is 0 Å². The minimum Gasteiger partial charge on any atom is -0.378 e. The number of aromatic nitrogens is 3. The van der Waals surface area contributed by atoms with Crippen LogP contribution in [-0.2, 0) is 22.1 Å². The van der Waals surface area contributed by atoms with Gasteiger partial charge in [-0.2, -0.15) is 18.2 Å². The summed E-state index contributed by atoms with van der Waals surface area (Å²) < 4.78 is 50.0. The molecule has 1 aromatic carbocycles. The Bertz CT molecular complexity index is 1090. The minimum absolute atomic E-state index is 0.0899. The van der Waals surface area contributed by atoms with Crippen molar-refractivity contribution in [2.24, 2.45) is 0 Å². The molecule has 0 spiro atoms. The molecule has 4 rings (SSSR count). The lowest BCUT2D eigenvalue weighted by molar-refractivity contribution is -0.137. The highest BCUT2D eigenvalue weighted by molar-refractivity contribution is 5.92. The molecule has 3 heterocycles. The summed E-state index contributed by atoms with van der Waals surface area (Å²) in [4.78, 5) is 23.3. The van der Waals surface area contributed by atoms with Gasteiger partial charge in [0.1, 0.15) is 17.0 Å². The molecule has 1 aliphatic rings. The van der Waals surface area contributed by atoms with Crippen LogP contribution in [0.4, 0.5) is 24.7 Å². The lowest BCUT2D eigenvalue weighted by atomic mass is 10.1. The van der Waals surface area contributed by atoms with Crippen LogP contribution in [-0.4, -0.2) is 47.3 Å². The molecule has 1 amide bonds. The van der Waals surface area contributed by atoms with E-state index in [-0.39, 0.29) is 18.5 Å². The van der Waals surface area contributed by atoms with Crippen LogP contribution in [0.2, 0.25) is 0 Å². The van der Waals surface area contributed by atoms with Crippen LogP contribution in [0.1, 0.15) is 23.5 Å². The number of rotatable bonds is 5. The van der Waals surface area contributed by atoms with Gasteiger partial charge in [-0.3, -0.25) is 4.79 Å². The molecule has 1 fully saturated rings. The van der Waals surface area contributed by atoms with Gasteiger partial charge in [-0.25, -0.2) is 4.98 Å². The van der Waals surface area contributed by atoms with E-state index in [1.165, 1.54) is 18.2 Å². The number of nitrogens with zero attached hydrogens (tertiary/aromatic N) is 4. The summed E-state index contributed by atoms with van der Waals surface area (Å²) >= 11 is 0. The summed E-state index contributed by atoms with van der Waals surface area (Å²) in [5.41, 5.74) is -0.208. The number of ether oxygens (including phenoxy) is 1. The SMILES string of the molecule is Cc1noc2nc(CCC(=O)Nc3ccccc3C(F)(F)F)nc(N3CCOCC3)c12. The third kappa shape index (κ3) is 4.61. The van der Waals surface area contributed by atoms with Crippen molar-refractivity contribution in [2.75, 3.05) is 36.5 Å². The van der Waals surface area contributed by atoms with Gasteiger partial charge in [0.25, 0.3) is 5.71 Å². The number of nitrogens with one attached hydrogen (secondary N) is 1. The van der Waals surface area contributed by atoms with Gasteiger partial charge in [0.2, 0.25) is 5.91 Å². The molecule has 2 aromatic heterocycles. The molecule has 0 atom stereocenters. The number of alkyl halides is 3. The van der Waals surface area contributed by atoms with Crippen LogP contribution in [0.5, 0.6) is 0 Å². The number of morpholine rings is 1. The van der Waals surface area contributed by atoms with Crippen molar-refractivity contribution in [1.29, 1.82) is 0 Å². The van der Waals surface area contributed by atoms with Gasteiger partial charge in [0, 0.05) is 25.9 Å². The zero-order valence-corrected chi connectivity index (χ0v) is 16.7. The molecule has 164 valence electrons. The number of hydrogen-bond donors (Lipinski definition) is 1. The molecule has 1 aliphatic heterocycles. The molecule has 1 N–H and O–H groups in total. The summed E-state index contributed by atoms with van der Waals surface area (Å²) in [7, 11) is 0. The number of carbonyl (C=O) groups is 1. The Morgan fingerprint density at radius 3 is 2.68 bits per heavy atom. The lowest BCUT2D eigenvalue weighted by Gasteiger charge is -2.28. The predicted octanol–water partition coefficient (Wildman–Crippen LogP) is 3.35. The predicted molar refractivity (Wildman–Crippen MR) is 106 cm³/mol. The van der Waals surface area contributed by atoms with Crippen LogP contribution in [0.25, 0.3) is 11.1 Å². The van der Waals surface area contributed by atoms with E-state index in [1.54, 1.807) is 6.92 Å². The zero-order chi connectivity index (χ0) is 22.0.